The summed E-state index contributed by atoms with van der Waals surface area (Å²) in [5.74, 6) is 0.395. The van der Waals surface area contributed by atoms with Gasteiger partial charge in [-0.15, -0.1) is 11.3 Å². The molecule has 1 aromatic heterocycles. The lowest BCUT2D eigenvalue weighted by Gasteiger charge is -2.12. The van der Waals surface area contributed by atoms with Crippen molar-refractivity contribution in [1.82, 2.24) is 9.71 Å². The van der Waals surface area contributed by atoms with E-state index < -0.39 is 10.0 Å². The molecule has 3 aromatic rings. The summed E-state index contributed by atoms with van der Waals surface area (Å²) in [6, 6.07) is 12.1. The summed E-state index contributed by atoms with van der Waals surface area (Å²) in [5.41, 5.74) is 3.13. The molecular formula is C23H28N4O4S2. The minimum absolute atomic E-state index is 0.166. The van der Waals surface area contributed by atoms with Gasteiger partial charge in [-0.05, 0) is 48.7 Å². The first-order valence-electron chi connectivity index (χ1n) is 10.6. The van der Waals surface area contributed by atoms with E-state index in [1.54, 1.807) is 37.4 Å². The van der Waals surface area contributed by atoms with Crippen molar-refractivity contribution in [1.29, 1.82) is 0 Å². The number of anilines is 2. The van der Waals surface area contributed by atoms with Crippen LogP contribution in [0.5, 0.6) is 5.75 Å². The number of methoxy groups -OCH3 is 1. The van der Waals surface area contributed by atoms with Crippen molar-refractivity contribution in [3.63, 3.8) is 0 Å². The lowest BCUT2D eigenvalue weighted by Crippen LogP contribution is -2.24. The average Bonchev–Trinajstić information content (AvgIpc) is 3.31. The van der Waals surface area contributed by atoms with Gasteiger partial charge in [-0.2, -0.15) is 0 Å². The van der Waals surface area contributed by atoms with Gasteiger partial charge in [0.15, 0.2) is 5.13 Å². The molecule has 1 heterocycles. The molecule has 0 aliphatic rings. The topological polar surface area (TPSA) is 109 Å². The third kappa shape index (κ3) is 6.53. The zero-order valence-electron chi connectivity index (χ0n) is 18.8. The van der Waals surface area contributed by atoms with E-state index in [1.807, 2.05) is 31.5 Å². The fourth-order valence-corrected chi connectivity index (χ4v) is 4.93. The number of amides is 1. The van der Waals surface area contributed by atoms with Crippen LogP contribution in [0.1, 0.15) is 25.3 Å². The number of benzene rings is 2. The monoisotopic (exact) mass is 488 g/mol. The largest absolute Gasteiger partial charge is 0.495 e. The molecule has 176 valence electrons. The molecule has 0 spiro atoms. The van der Waals surface area contributed by atoms with Crippen LogP contribution in [0.25, 0.3) is 11.3 Å². The fraction of sp³-hybridized carbons (Fsp3) is 0.304. The highest BCUT2D eigenvalue weighted by Gasteiger charge is 2.14. The van der Waals surface area contributed by atoms with Crippen LogP contribution < -0.4 is 20.1 Å². The van der Waals surface area contributed by atoms with Gasteiger partial charge in [-0.1, -0.05) is 19.1 Å². The lowest BCUT2D eigenvalue weighted by atomic mass is 10.1. The molecule has 3 N–H and O–H groups in total. The van der Waals surface area contributed by atoms with Crippen LogP contribution in [-0.4, -0.2) is 40.0 Å². The Kier molecular flexibility index (Phi) is 8.43. The van der Waals surface area contributed by atoms with E-state index >= 15 is 0 Å². The van der Waals surface area contributed by atoms with E-state index in [1.165, 1.54) is 11.3 Å². The molecular weight excluding hydrogens is 460 g/mol. The Hall–Kier alpha value is -2.95. The zero-order chi connectivity index (χ0) is 23.8. The standard InChI is InChI=1S/C23H28N4O4S2/c1-4-13-25-33(29,30)18-9-5-16(6-10-18)7-12-22(28)26-19-14-17(8-11-21(19)31-3)20-15-32-23(24-2)27-20/h5-6,8-11,14-15,25H,4,7,12-13H2,1-3H3,(H,24,27)(H,26,28). The maximum absolute atomic E-state index is 12.6. The summed E-state index contributed by atoms with van der Waals surface area (Å²) in [6.07, 6.45) is 1.45. The second kappa shape index (κ2) is 11.3. The first kappa shape index (κ1) is 24.7. The summed E-state index contributed by atoms with van der Waals surface area (Å²) >= 11 is 1.50. The van der Waals surface area contributed by atoms with Gasteiger partial charge >= 0.3 is 0 Å². The number of hydrogen-bond acceptors (Lipinski definition) is 7. The molecule has 0 saturated heterocycles. The Bertz CT molecular complexity index is 1190. The van der Waals surface area contributed by atoms with Crippen molar-refractivity contribution in [3.05, 3.63) is 53.4 Å². The van der Waals surface area contributed by atoms with Crippen molar-refractivity contribution in [3.8, 4) is 17.0 Å². The van der Waals surface area contributed by atoms with Gasteiger partial charge in [0.25, 0.3) is 0 Å². The van der Waals surface area contributed by atoms with Crippen molar-refractivity contribution in [2.45, 2.75) is 31.1 Å². The van der Waals surface area contributed by atoms with Gasteiger partial charge in [0, 0.05) is 31.0 Å². The molecule has 1 amide bonds. The van der Waals surface area contributed by atoms with Crippen LogP contribution in [0.2, 0.25) is 0 Å². The molecule has 3 rings (SSSR count). The normalized spacial score (nSPS) is 11.2. The molecule has 0 radical (unpaired) electrons. The number of carbonyl (C=O) groups is 1. The van der Waals surface area contributed by atoms with Crippen molar-refractivity contribution in [2.24, 2.45) is 0 Å². The van der Waals surface area contributed by atoms with Gasteiger partial charge in [0.2, 0.25) is 15.9 Å². The first-order valence-corrected chi connectivity index (χ1v) is 12.9. The molecule has 0 saturated carbocycles. The second-order valence-electron chi connectivity index (χ2n) is 7.29. The SMILES string of the molecule is CCCNS(=O)(=O)c1ccc(CCC(=O)Nc2cc(-c3csc(NC)n3)ccc2OC)cc1. The summed E-state index contributed by atoms with van der Waals surface area (Å²) in [7, 11) is -0.127. The fourth-order valence-electron chi connectivity index (χ4n) is 3.11. The predicted molar refractivity (Wildman–Crippen MR) is 133 cm³/mol. The summed E-state index contributed by atoms with van der Waals surface area (Å²) < 4.78 is 32.3. The quantitative estimate of drug-likeness (QED) is 0.375. The molecule has 10 heteroatoms. The van der Waals surface area contributed by atoms with Gasteiger partial charge in [0.1, 0.15) is 5.75 Å². The number of thiazole rings is 1. The van der Waals surface area contributed by atoms with E-state index in [0.29, 0.717) is 24.4 Å². The Balaban J connectivity index is 1.64. The van der Waals surface area contributed by atoms with Crippen LogP contribution in [0.4, 0.5) is 10.8 Å². The highest BCUT2D eigenvalue weighted by molar-refractivity contribution is 7.89. The number of sulfonamides is 1. The van der Waals surface area contributed by atoms with Gasteiger partial charge in [-0.3, -0.25) is 4.79 Å². The smallest absolute Gasteiger partial charge is 0.240 e. The lowest BCUT2D eigenvalue weighted by molar-refractivity contribution is -0.116. The van der Waals surface area contributed by atoms with Crippen LogP contribution in [0.3, 0.4) is 0 Å². The number of aryl methyl sites for hydroxylation is 1. The van der Waals surface area contributed by atoms with Crippen LogP contribution in [0.15, 0.2) is 52.7 Å². The molecule has 0 fully saturated rings. The first-order chi connectivity index (χ1) is 15.9. The van der Waals surface area contributed by atoms with Crippen LogP contribution in [0, 0.1) is 0 Å². The highest BCUT2D eigenvalue weighted by Crippen LogP contribution is 2.32. The van der Waals surface area contributed by atoms with Gasteiger partial charge < -0.3 is 15.4 Å². The van der Waals surface area contributed by atoms with Crippen molar-refractivity contribution < 1.29 is 17.9 Å². The minimum Gasteiger partial charge on any atom is -0.495 e. The number of carbonyl (C=O) groups excluding carboxylic acids is 1. The summed E-state index contributed by atoms with van der Waals surface area (Å²) in [4.78, 5) is 17.3. The Morgan fingerprint density at radius 2 is 1.91 bits per heavy atom. The Morgan fingerprint density at radius 1 is 1.15 bits per heavy atom. The van der Waals surface area contributed by atoms with E-state index in [0.717, 1.165) is 28.4 Å². The molecule has 0 aliphatic carbocycles. The number of nitrogens with one attached hydrogen (secondary N) is 3. The van der Waals surface area contributed by atoms with Crippen molar-refractivity contribution >= 4 is 38.1 Å². The zero-order valence-corrected chi connectivity index (χ0v) is 20.5. The van der Waals surface area contributed by atoms with E-state index in [-0.39, 0.29) is 17.2 Å². The number of ether oxygens (including phenoxy) is 1. The molecule has 33 heavy (non-hydrogen) atoms. The Labute approximate surface area is 198 Å². The third-order valence-electron chi connectivity index (χ3n) is 4.90. The number of nitrogens with zero attached hydrogens (tertiary/aromatic N) is 1. The molecule has 0 bridgehead atoms. The van der Waals surface area contributed by atoms with Crippen LogP contribution >= 0.6 is 11.3 Å². The van der Waals surface area contributed by atoms with E-state index in [4.69, 9.17) is 4.74 Å². The van der Waals surface area contributed by atoms with Gasteiger partial charge in [0.05, 0.1) is 23.4 Å². The predicted octanol–water partition coefficient (Wildman–Crippen LogP) is 4.12. The average molecular weight is 489 g/mol. The number of rotatable bonds is 11. The molecule has 0 atom stereocenters. The summed E-state index contributed by atoms with van der Waals surface area (Å²) in [5, 5.41) is 8.68. The third-order valence-corrected chi connectivity index (χ3v) is 7.24. The molecule has 2 aromatic carbocycles. The number of hydrogen-bond donors (Lipinski definition) is 3. The Morgan fingerprint density at radius 3 is 2.55 bits per heavy atom. The maximum Gasteiger partial charge on any atom is 0.240 e. The molecule has 0 aliphatic heterocycles. The van der Waals surface area contributed by atoms with Crippen molar-refractivity contribution in [2.75, 3.05) is 31.3 Å². The van der Waals surface area contributed by atoms with E-state index in [2.05, 4.69) is 20.3 Å². The molecule has 0 unspecified atom stereocenters. The highest BCUT2D eigenvalue weighted by atomic mass is 32.2. The number of aromatic nitrogens is 1. The molecule has 8 nitrogen and oxygen atoms in total. The second-order valence-corrected chi connectivity index (χ2v) is 9.92. The maximum atomic E-state index is 12.6. The van der Waals surface area contributed by atoms with Crippen LogP contribution in [-0.2, 0) is 21.2 Å². The minimum atomic E-state index is -3.50. The van der Waals surface area contributed by atoms with Gasteiger partial charge in [-0.25, -0.2) is 18.1 Å². The summed E-state index contributed by atoms with van der Waals surface area (Å²) in [6.45, 7) is 2.30. The van der Waals surface area contributed by atoms with E-state index in [9.17, 15) is 13.2 Å².